The van der Waals surface area contributed by atoms with E-state index in [9.17, 15) is 0 Å². The van der Waals surface area contributed by atoms with Gasteiger partial charge in [0.15, 0.2) is 0 Å². The van der Waals surface area contributed by atoms with Crippen molar-refractivity contribution in [3.8, 4) is 0 Å². The summed E-state index contributed by atoms with van der Waals surface area (Å²) in [6.45, 7) is 5.22. The first-order chi connectivity index (χ1) is 10.3. The lowest BCUT2D eigenvalue weighted by atomic mass is 10.0. The number of nitrogens with two attached hydrogens (primary N) is 1. The minimum absolute atomic E-state index is 0.379. The molecule has 0 radical (unpaired) electrons. The average molecular weight is 290 g/mol. The number of nitrogens with one attached hydrogen (secondary N) is 1. The molecule has 1 rings (SSSR count). The molecule has 2 nitrogen and oxygen atoms in total. The SMILES string of the molecule is CCCCCCCCCC(CN)NC(C)c1ccccc1. The molecule has 0 aliphatic heterocycles. The third-order valence-electron chi connectivity index (χ3n) is 4.23. The highest BCUT2D eigenvalue weighted by atomic mass is 15.0. The zero-order chi connectivity index (χ0) is 15.3. The quantitative estimate of drug-likeness (QED) is 0.542. The first-order valence-electron chi connectivity index (χ1n) is 8.79. The van der Waals surface area contributed by atoms with Gasteiger partial charge in [-0.25, -0.2) is 0 Å². The van der Waals surface area contributed by atoms with Crippen LogP contribution in [0.1, 0.15) is 76.8 Å². The largest absolute Gasteiger partial charge is 0.329 e. The van der Waals surface area contributed by atoms with Crippen molar-refractivity contribution in [1.29, 1.82) is 0 Å². The van der Waals surface area contributed by atoms with Crippen LogP contribution in [0.4, 0.5) is 0 Å². The molecule has 3 N–H and O–H groups in total. The maximum absolute atomic E-state index is 5.92. The molecule has 0 saturated heterocycles. The van der Waals surface area contributed by atoms with E-state index in [-0.39, 0.29) is 0 Å². The Balaban J connectivity index is 2.16. The van der Waals surface area contributed by atoms with E-state index in [4.69, 9.17) is 5.73 Å². The Morgan fingerprint density at radius 3 is 2.19 bits per heavy atom. The molecule has 0 aliphatic carbocycles. The van der Waals surface area contributed by atoms with Gasteiger partial charge in [-0.3, -0.25) is 0 Å². The number of benzene rings is 1. The van der Waals surface area contributed by atoms with Crippen LogP contribution in [0.2, 0.25) is 0 Å². The van der Waals surface area contributed by atoms with E-state index in [0.29, 0.717) is 12.1 Å². The molecule has 0 saturated carbocycles. The number of rotatable bonds is 12. The highest BCUT2D eigenvalue weighted by Gasteiger charge is 2.11. The predicted octanol–water partition coefficient (Wildman–Crippen LogP) is 4.81. The summed E-state index contributed by atoms with van der Waals surface area (Å²) in [5, 5.41) is 3.67. The van der Waals surface area contributed by atoms with Crippen molar-refractivity contribution in [3.05, 3.63) is 35.9 Å². The Bertz CT molecular complexity index is 337. The first kappa shape index (κ1) is 18.2. The average Bonchev–Trinajstić information content (AvgIpc) is 2.53. The van der Waals surface area contributed by atoms with Crippen molar-refractivity contribution >= 4 is 0 Å². The van der Waals surface area contributed by atoms with Gasteiger partial charge in [-0.1, -0.05) is 82.2 Å². The van der Waals surface area contributed by atoms with Crippen molar-refractivity contribution in [2.75, 3.05) is 6.54 Å². The van der Waals surface area contributed by atoms with E-state index in [2.05, 4.69) is 49.5 Å². The fourth-order valence-electron chi connectivity index (χ4n) is 2.81. The lowest BCUT2D eigenvalue weighted by Crippen LogP contribution is -2.37. The maximum atomic E-state index is 5.92. The molecule has 2 heteroatoms. The summed E-state index contributed by atoms with van der Waals surface area (Å²) in [5.74, 6) is 0. The molecular weight excluding hydrogens is 256 g/mol. The third kappa shape index (κ3) is 8.23. The topological polar surface area (TPSA) is 38.0 Å². The van der Waals surface area contributed by atoms with Gasteiger partial charge >= 0.3 is 0 Å². The summed E-state index contributed by atoms with van der Waals surface area (Å²) in [4.78, 5) is 0. The summed E-state index contributed by atoms with van der Waals surface area (Å²) in [7, 11) is 0. The van der Waals surface area contributed by atoms with E-state index >= 15 is 0 Å². The van der Waals surface area contributed by atoms with Crippen LogP contribution in [0.3, 0.4) is 0 Å². The Hall–Kier alpha value is -0.860. The van der Waals surface area contributed by atoms with Gasteiger partial charge in [-0.15, -0.1) is 0 Å². The second-order valence-electron chi connectivity index (χ2n) is 6.14. The fraction of sp³-hybridized carbons (Fsp3) is 0.684. The van der Waals surface area contributed by atoms with Gasteiger partial charge in [-0.2, -0.15) is 0 Å². The van der Waals surface area contributed by atoms with Crippen molar-refractivity contribution in [2.45, 2.75) is 77.3 Å². The van der Waals surface area contributed by atoms with E-state index in [1.54, 1.807) is 0 Å². The van der Waals surface area contributed by atoms with Crippen LogP contribution in [-0.2, 0) is 0 Å². The zero-order valence-electron chi connectivity index (χ0n) is 14.0. The summed E-state index contributed by atoms with van der Waals surface area (Å²) in [6.07, 6.45) is 10.7. The standard InChI is InChI=1S/C19H34N2/c1-3-4-5-6-7-8-12-15-19(16-20)21-17(2)18-13-10-9-11-14-18/h9-11,13-14,17,19,21H,3-8,12,15-16,20H2,1-2H3. The molecule has 0 amide bonds. The number of hydrogen-bond donors (Lipinski definition) is 2. The maximum Gasteiger partial charge on any atom is 0.0294 e. The van der Waals surface area contributed by atoms with E-state index in [1.165, 1.54) is 56.9 Å². The van der Waals surface area contributed by atoms with Crippen LogP contribution in [0.5, 0.6) is 0 Å². The first-order valence-corrected chi connectivity index (χ1v) is 8.79. The molecule has 0 aromatic heterocycles. The molecule has 0 spiro atoms. The highest BCUT2D eigenvalue weighted by molar-refractivity contribution is 5.18. The second kappa shape index (κ2) is 11.8. The predicted molar refractivity (Wildman–Crippen MR) is 93.4 cm³/mol. The molecule has 1 aromatic rings. The van der Waals surface area contributed by atoms with Crippen LogP contribution in [-0.4, -0.2) is 12.6 Å². The van der Waals surface area contributed by atoms with Crippen LogP contribution in [0, 0.1) is 0 Å². The summed E-state index contributed by atoms with van der Waals surface area (Å²) in [6, 6.07) is 11.4. The fourth-order valence-corrected chi connectivity index (χ4v) is 2.81. The summed E-state index contributed by atoms with van der Waals surface area (Å²) < 4.78 is 0. The van der Waals surface area contributed by atoms with Gasteiger partial charge in [0.25, 0.3) is 0 Å². The third-order valence-corrected chi connectivity index (χ3v) is 4.23. The molecular formula is C19H34N2. The Morgan fingerprint density at radius 1 is 0.952 bits per heavy atom. The van der Waals surface area contributed by atoms with E-state index in [0.717, 1.165) is 6.54 Å². The van der Waals surface area contributed by atoms with Gasteiger partial charge in [0.05, 0.1) is 0 Å². The molecule has 0 bridgehead atoms. The minimum Gasteiger partial charge on any atom is -0.329 e. The second-order valence-corrected chi connectivity index (χ2v) is 6.14. The molecule has 0 aliphatic rings. The molecule has 21 heavy (non-hydrogen) atoms. The van der Waals surface area contributed by atoms with Gasteiger partial charge in [0.1, 0.15) is 0 Å². The normalized spacial score (nSPS) is 14.0. The molecule has 1 aromatic carbocycles. The van der Waals surface area contributed by atoms with E-state index < -0.39 is 0 Å². The van der Waals surface area contributed by atoms with Crippen molar-refractivity contribution < 1.29 is 0 Å². The zero-order valence-corrected chi connectivity index (χ0v) is 14.0. The molecule has 120 valence electrons. The van der Waals surface area contributed by atoms with Crippen molar-refractivity contribution in [2.24, 2.45) is 5.73 Å². The van der Waals surface area contributed by atoms with Crippen LogP contribution < -0.4 is 11.1 Å². The highest BCUT2D eigenvalue weighted by Crippen LogP contribution is 2.14. The van der Waals surface area contributed by atoms with Crippen LogP contribution in [0.25, 0.3) is 0 Å². The minimum atomic E-state index is 0.379. The Morgan fingerprint density at radius 2 is 1.57 bits per heavy atom. The lowest BCUT2D eigenvalue weighted by molar-refractivity contribution is 0.418. The van der Waals surface area contributed by atoms with Gasteiger partial charge in [0.2, 0.25) is 0 Å². The number of unbranched alkanes of at least 4 members (excludes halogenated alkanes) is 6. The molecule has 2 unspecified atom stereocenters. The molecule has 0 fully saturated rings. The molecule has 2 atom stereocenters. The molecule has 0 heterocycles. The van der Waals surface area contributed by atoms with Crippen molar-refractivity contribution in [1.82, 2.24) is 5.32 Å². The van der Waals surface area contributed by atoms with Crippen molar-refractivity contribution in [3.63, 3.8) is 0 Å². The van der Waals surface area contributed by atoms with Gasteiger partial charge in [0, 0.05) is 18.6 Å². The Labute approximate surface area is 131 Å². The van der Waals surface area contributed by atoms with Crippen LogP contribution in [0.15, 0.2) is 30.3 Å². The summed E-state index contributed by atoms with van der Waals surface area (Å²) in [5.41, 5.74) is 7.26. The summed E-state index contributed by atoms with van der Waals surface area (Å²) >= 11 is 0. The monoisotopic (exact) mass is 290 g/mol. The van der Waals surface area contributed by atoms with Gasteiger partial charge in [-0.05, 0) is 18.9 Å². The lowest BCUT2D eigenvalue weighted by Gasteiger charge is -2.22. The number of hydrogen-bond acceptors (Lipinski definition) is 2. The van der Waals surface area contributed by atoms with Crippen LogP contribution >= 0.6 is 0 Å². The Kier molecular flexibility index (Phi) is 10.2. The van der Waals surface area contributed by atoms with E-state index in [1.807, 2.05) is 0 Å². The smallest absolute Gasteiger partial charge is 0.0294 e. The van der Waals surface area contributed by atoms with Gasteiger partial charge < -0.3 is 11.1 Å².